The van der Waals surface area contributed by atoms with Gasteiger partial charge >= 0.3 is 6.09 Å². The first-order valence-electron chi connectivity index (χ1n) is 13.1. The molecule has 206 valence electrons. The number of phenolic OH excluding ortho intramolecular Hbond substituents is 1. The maximum Gasteiger partial charge on any atom is 0.412 e. The van der Waals surface area contributed by atoms with E-state index in [1.54, 1.807) is 31.2 Å². The molecule has 0 bridgehead atoms. The number of aliphatic imine (C=N–C) groups is 1. The number of rotatable bonds is 11. The average Bonchev–Trinajstić information content (AvgIpc) is 2.96. The van der Waals surface area contributed by atoms with E-state index in [4.69, 9.17) is 14.2 Å². The van der Waals surface area contributed by atoms with Crippen LogP contribution < -0.4 is 14.8 Å². The molecule has 0 heterocycles. The minimum Gasteiger partial charge on any atom is -0.508 e. The first-order valence-corrected chi connectivity index (χ1v) is 13.1. The predicted octanol–water partition coefficient (Wildman–Crippen LogP) is 7.28. The van der Waals surface area contributed by atoms with E-state index in [1.165, 1.54) is 6.34 Å². The maximum absolute atomic E-state index is 11.3. The van der Waals surface area contributed by atoms with Crippen molar-refractivity contribution in [2.45, 2.75) is 39.4 Å². The quantitative estimate of drug-likeness (QED) is 0.155. The molecule has 7 heteroatoms. The van der Waals surface area contributed by atoms with Crippen molar-refractivity contribution in [1.29, 1.82) is 0 Å². The number of nitrogens with zero attached hydrogens (tertiary/aromatic N) is 1. The number of alkyl carbamates (subject to hydrolysis) is 1. The number of aromatic hydroxyl groups is 1. The van der Waals surface area contributed by atoms with E-state index in [1.807, 2.05) is 54.6 Å². The molecule has 0 aromatic heterocycles. The van der Waals surface area contributed by atoms with Gasteiger partial charge in [0.25, 0.3) is 0 Å². The van der Waals surface area contributed by atoms with Gasteiger partial charge in [0.2, 0.25) is 0 Å². The largest absolute Gasteiger partial charge is 0.508 e. The minimum atomic E-state index is -0.539. The molecule has 1 amide bonds. The van der Waals surface area contributed by atoms with Gasteiger partial charge in [0.1, 0.15) is 30.5 Å². The van der Waals surface area contributed by atoms with Crippen LogP contribution in [0.4, 0.5) is 10.5 Å². The SMILES string of the molecule is CCOC(=O)NC=Nc1ccc(OCc2cccc(COc3ccc(C(C)(C)c4ccc(O)cc4)cc3)c2)cc1. The van der Waals surface area contributed by atoms with Gasteiger partial charge in [-0.3, -0.25) is 5.32 Å². The van der Waals surface area contributed by atoms with E-state index >= 15 is 0 Å². The topological polar surface area (TPSA) is 89.4 Å². The van der Waals surface area contributed by atoms with Crippen molar-refractivity contribution in [3.05, 3.63) is 119 Å². The number of phenols is 1. The number of amides is 1. The molecule has 0 saturated heterocycles. The Labute approximate surface area is 235 Å². The number of carbonyl (C=O) groups excluding carboxylic acids is 1. The average molecular weight is 539 g/mol. The second kappa shape index (κ2) is 13.3. The number of nitrogens with one attached hydrogen (secondary N) is 1. The molecule has 0 aliphatic carbocycles. The Balaban J connectivity index is 1.28. The van der Waals surface area contributed by atoms with E-state index in [-0.39, 0.29) is 11.2 Å². The number of ether oxygens (including phenoxy) is 3. The second-order valence-electron chi connectivity index (χ2n) is 9.71. The fourth-order valence-corrected chi connectivity index (χ4v) is 4.12. The smallest absolute Gasteiger partial charge is 0.412 e. The molecule has 40 heavy (non-hydrogen) atoms. The Kier molecular flexibility index (Phi) is 9.41. The number of carbonyl (C=O) groups is 1. The monoisotopic (exact) mass is 538 g/mol. The highest BCUT2D eigenvalue weighted by Gasteiger charge is 2.23. The molecule has 0 aliphatic heterocycles. The van der Waals surface area contributed by atoms with Crippen LogP contribution in [-0.2, 0) is 23.4 Å². The zero-order valence-corrected chi connectivity index (χ0v) is 23.0. The summed E-state index contributed by atoms with van der Waals surface area (Å²) in [7, 11) is 0. The van der Waals surface area contributed by atoms with Gasteiger partial charge in [0.15, 0.2) is 0 Å². The highest BCUT2D eigenvalue weighted by molar-refractivity contribution is 5.83. The zero-order chi connectivity index (χ0) is 28.4. The van der Waals surface area contributed by atoms with Crippen LogP contribution in [0.2, 0.25) is 0 Å². The van der Waals surface area contributed by atoms with Crippen molar-refractivity contribution in [1.82, 2.24) is 5.32 Å². The van der Waals surface area contributed by atoms with Crippen LogP contribution >= 0.6 is 0 Å². The molecular formula is C33H34N2O5. The molecule has 4 aromatic carbocycles. The maximum atomic E-state index is 11.3. The zero-order valence-electron chi connectivity index (χ0n) is 23.0. The lowest BCUT2D eigenvalue weighted by atomic mass is 9.78. The third-order valence-electron chi connectivity index (χ3n) is 6.48. The summed E-state index contributed by atoms with van der Waals surface area (Å²) in [5.41, 5.74) is 4.86. The minimum absolute atomic E-state index is 0.199. The van der Waals surface area contributed by atoms with Gasteiger partial charge in [-0.05, 0) is 83.8 Å². The van der Waals surface area contributed by atoms with Gasteiger partial charge in [-0.15, -0.1) is 0 Å². The molecule has 0 radical (unpaired) electrons. The number of hydrogen-bond acceptors (Lipinski definition) is 6. The molecule has 2 N–H and O–H groups in total. The van der Waals surface area contributed by atoms with Crippen LogP contribution in [0.5, 0.6) is 17.2 Å². The summed E-state index contributed by atoms with van der Waals surface area (Å²) in [5, 5.41) is 12.0. The highest BCUT2D eigenvalue weighted by Crippen LogP contribution is 2.33. The summed E-state index contributed by atoms with van der Waals surface area (Å²) in [5.74, 6) is 1.78. The predicted molar refractivity (Wildman–Crippen MR) is 157 cm³/mol. The van der Waals surface area contributed by atoms with Crippen LogP contribution in [0.1, 0.15) is 43.0 Å². The van der Waals surface area contributed by atoms with Gasteiger partial charge in [0.05, 0.1) is 18.6 Å². The van der Waals surface area contributed by atoms with Crippen molar-refractivity contribution < 1.29 is 24.1 Å². The molecule has 0 atom stereocenters. The molecule has 7 nitrogen and oxygen atoms in total. The fraction of sp³-hybridized carbons (Fsp3) is 0.212. The summed E-state index contributed by atoms with van der Waals surface area (Å²) >= 11 is 0. The number of benzene rings is 4. The summed E-state index contributed by atoms with van der Waals surface area (Å²) in [6.07, 6.45) is 0.761. The molecule has 0 aliphatic rings. The van der Waals surface area contributed by atoms with Crippen LogP contribution in [0.3, 0.4) is 0 Å². The molecule has 4 aromatic rings. The summed E-state index contributed by atoms with van der Waals surface area (Å²) in [6, 6.07) is 30.9. The first-order chi connectivity index (χ1) is 19.3. The lowest BCUT2D eigenvalue weighted by Crippen LogP contribution is -2.22. The van der Waals surface area contributed by atoms with Crippen LogP contribution in [0, 0.1) is 0 Å². The van der Waals surface area contributed by atoms with Crippen molar-refractivity contribution >= 4 is 18.1 Å². The van der Waals surface area contributed by atoms with Gasteiger partial charge in [0, 0.05) is 5.41 Å². The van der Waals surface area contributed by atoms with Crippen molar-refractivity contribution in [2.75, 3.05) is 6.61 Å². The molecule has 0 saturated carbocycles. The van der Waals surface area contributed by atoms with Crippen molar-refractivity contribution in [2.24, 2.45) is 4.99 Å². The van der Waals surface area contributed by atoms with Crippen molar-refractivity contribution in [3.63, 3.8) is 0 Å². The summed E-state index contributed by atoms with van der Waals surface area (Å²) in [4.78, 5) is 15.4. The summed E-state index contributed by atoms with van der Waals surface area (Å²) in [6.45, 7) is 7.23. The van der Waals surface area contributed by atoms with Crippen LogP contribution in [0.25, 0.3) is 0 Å². The van der Waals surface area contributed by atoms with Crippen molar-refractivity contribution in [3.8, 4) is 17.2 Å². The molecule has 0 unspecified atom stereocenters. The van der Waals surface area contributed by atoms with Gasteiger partial charge in [-0.25, -0.2) is 9.79 Å². The molecule has 4 rings (SSSR count). The van der Waals surface area contributed by atoms with Gasteiger partial charge in [-0.2, -0.15) is 0 Å². The van der Waals surface area contributed by atoms with Crippen LogP contribution in [0.15, 0.2) is 102 Å². The van der Waals surface area contributed by atoms with E-state index in [9.17, 15) is 9.90 Å². The Morgan fingerprint density at radius 3 is 1.90 bits per heavy atom. The van der Waals surface area contributed by atoms with E-state index in [2.05, 4.69) is 42.4 Å². The second-order valence-corrected chi connectivity index (χ2v) is 9.71. The lowest BCUT2D eigenvalue weighted by Gasteiger charge is -2.26. The van der Waals surface area contributed by atoms with E-state index < -0.39 is 6.09 Å². The third kappa shape index (κ3) is 7.86. The van der Waals surface area contributed by atoms with Gasteiger partial charge < -0.3 is 19.3 Å². The van der Waals surface area contributed by atoms with Gasteiger partial charge in [-0.1, -0.05) is 56.3 Å². The van der Waals surface area contributed by atoms with Crippen LogP contribution in [-0.4, -0.2) is 24.1 Å². The third-order valence-corrected chi connectivity index (χ3v) is 6.48. The first kappa shape index (κ1) is 28.2. The lowest BCUT2D eigenvalue weighted by molar-refractivity contribution is 0.158. The Morgan fingerprint density at radius 1 is 0.825 bits per heavy atom. The Bertz CT molecular complexity index is 1410. The summed E-state index contributed by atoms with van der Waals surface area (Å²) < 4.78 is 16.8. The molecule has 0 fully saturated rings. The Hall–Kier alpha value is -4.78. The number of hydrogen-bond donors (Lipinski definition) is 2. The Morgan fingerprint density at radius 2 is 1.35 bits per heavy atom. The molecular weight excluding hydrogens is 504 g/mol. The highest BCUT2D eigenvalue weighted by atomic mass is 16.5. The van der Waals surface area contributed by atoms with E-state index in [0.29, 0.717) is 31.3 Å². The standard InChI is InChI=1S/C33H34N2O5/c1-4-38-32(37)35-23-34-28-12-18-31(19-13-28)40-22-25-7-5-6-24(20-25)21-39-30-16-10-27(11-17-30)33(2,3)26-8-14-29(36)15-9-26/h5-20,23,36H,4,21-22H2,1-3H3,(H,34,35,37). The fourth-order valence-electron chi connectivity index (χ4n) is 4.12. The normalized spacial score (nSPS) is 11.3. The van der Waals surface area contributed by atoms with E-state index in [0.717, 1.165) is 28.0 Å². The molecule has 0 spiro atoms.